The van der Waals surface area contributed by atoms with Gasteiger partial charge in [-0.05, 0) is 35.9 Å². The molecule has 148 valence electrons. The quantitative estimate of drug-likeness (QED) is 0.631. The number of carbonyl (C=O) groups excluding carboxylic acids is 1. The lowest BCUT2D eigenvalue weighted by atomic mass is 9.98. The van der Waals surface area contributed by atoms with E-state index in [1.807, 2.05) is 36.4 Å². The van der Waals surface area contributed by atoms with Crippen molar-refractivity contribution in [2.45, 2.75) is 0 Å². The topological polar surface area (TPSA) is 91.2 Å². The van der Waals surface area contributed by atoms with Crippen LogP contribution in [0.1, 0.15) is 21.6 Å². The van der Waals surface area contributed by atoms with Gasteiger partial charge in [-0.2, -0.15) is 0 Å². The molecule has 2 N–H and O–H groups in total. The van der Waals surface area contributed by atoms with Gasteiger partial charge in [-0.15, -0.1) is 0 Å². The number of nitrogens with zero attached hydrogens (tertiary/aromatic N) is 3. The minimum Gasteiger partial charge on any atom is -0.496 e. The number of rotatable bonds is 6. The second kappa shape index (κ2) is 8.52. The summed E-state index contributed by atoms with van der Waals surface area (Å²) in [4.78, 5) is 22.4. The number of aromatic nitrogens is 2. The highest BCUT2D eigenvalue weighted by Gasteiger charge is 2.17. The van der Waals surface area contributed by atoms with E-state index in [0.717, 1.165) is 11.1 Å². The van der Waals surface area contributed by atoms with Crippen molar-refractivity contribution in [1.29, 1.82) is 5.41 Å². The molecule has 0 aliphatic carbocycles. The molecule has 3 rings (SSSR count). The molecule has 0 fully saturated rings. The molecule has 0 saturated carbocycles. The minimum atomic E-state index is -0.173. The number of hydrogen-bond acceptors (Lipinski definition) is 6. The van der Waals surface area contributed by atoms with Crippen LogP contribution in [0.2, 0.25) is 0 Å². The number of pyridine rings is 2. The Balaban J connectivity index is 2.08. The summed E-state index contributed by atoms with van der Waals surface area (Å²) >= 11 is 0. The number of ether oxygens (including phenoxy) is 1. The molecule has 0 radical (unpaired) electrons. The zero-order chi connectivity index (χ0) is 21.0. The summed E-state index contributed by atoms with van der Waals surface area (Å²) in [5.41, 5.74) is 3.53. The number of carbonyl (C=O) groups is 1. The van der Waals surface area contributed by atoms with Gasteiger partial charge in [-0.25, -0.2) is 4.98 Å². The number of benzene rings is 1. The number of nitrogens with one attached hydrogen (secondary N) is 2. The SMILES string of the molecule is CNc1ncc(-c2ccnc(C(=O)N(C)C)c2)cc1C(=N)c1ccccc1OC. The highest BCUT2D eigenvalue weighted by molar-refractivity contribution is 6.15. The van der Waals surface area contributed by atoms with Crippen LogP contribution in [0.3, 0.4) is 0 Å². The van der Waals surface area contributed by atoms with Gasteiger partial charge in [-0.3, -0.25) is 15.2 Å². The highest BCUT2D eigenvalue weighted by atomic mass is 16.5. The van der Waals surface area contributed by atoms with Crippen molar-refractivity contribution in [1.82, 2.24) is 14.9 Å². The molecule has 0 bridgehead atoms. The second-order valence-corrected chi connectivity index (χ2v) is 6.57. The van der Waals surface area contributed by atoms with Gasteiger partial charge >= 0.3 is 0 Å². The molecule has 0 aliphatic rings. The van der Waals surface area contributed by atoms with Crippen molar-refractivity contribution in [2.24, 2.45) is 0 Å². The van der Waals surface area contributed by atoms with Gasteiger partial charge in [-0.1, -0.05) is 12.1 Å². The summed E-state index contributed by atoms with van der Waals surface area (Å²) in [6, 6.07) is 12.8. The molecular weight excluding hydrogens is 366 g/mol. The fourth-order valence-electron chi connectivity index (χ4n) is 2.96. The summed E-state index contributed by atoms with van der Waals surface area (Å²) in [6.45, 7) is 0. The molecule has 1 aromatic carbocycles. The molecule has 1 amide bonds. The van der Waals surface area contributed by atoms with Crippen molar-refractivity contribution in [3.63, 3.8) is 0 Å². The summed E-state index contributed by atoms with van der Waals surface area (Å²) in [5.74, 6) is 1.03. The molecule has 0 unspecified atom stereocenters. The van der Waals surface area contributed by atoms with Crippen LogP contribution in [0.4, 0.5) is 5.82 Å². The Morgan fingerprint density at radius 2 is 1.83 bits per heavy atom. The molecule has 3 aromatic rings. The van der Waals surface area contributed by atoms with Gasteiger partial charge in [0, 0.05) is 50.2 Å². The van der Waals surface area contributed by atoms with Gasteiger partial charge in [0.05, 0.1) is 12.8 Å². The van der Waals surface area contributed by atoms with Gasteiger partial charge in [0.1, 0.15) is 17.3 Å². The van der Waals surface area contributed by atoms with Crippen LogP contribution in [0.15, 0.2) is 54.9 Å². The van der Waals surface area contributed by atoms with Gasteiger partial charge in [0.15, 0.2) is 0 Å². The molecule has 7 heteroatoms. The monoisotopic (exact) mass is 389 g/mol. The molecule has 0 atom stereocenters. The molecule has 7 nitrogen and oxygen atoms in total. The summed E-state index contributed by atoms with van der Waals surface area (Å²) in [5, 5.41) is 11.8. The number of amides is 1. The summed E-state index contributed by atoms with van der Waals surface area (Å²) < 4.78 is 5.41. The van der Waals surface area contributed by atoms with Crippen molar-refractivity contribution in [3.05, 3.63) is 71.7 Å². The number of methoxy groups -OCH3 is 1. The van der Waals surface area contributed by atoms with Crippen molar-refractivity contribution < 1.29 is 9.53 Å². The van der Waals surface area contributed by atoms with Crippen molar-refractivity contribution >= 4 is 17.4 Å². The Bertz CT molecular complexity index is 1060. The van der Waals surface area contributed by atoms with Gasteiger partial charge < -0.3 is 15.0 Å². The van der Waals surface area contributed by atoms with Crippen molar-refractivity contribution in [3.8, 4) is 16.9 Å². The van der Waals surface area contributed by atoms with E-state index in [4.69, 9.17) is 10.1 Å². The fraction of sp³-hybridized carbons (Fsp3) is 0.182. The lowest BCUT2D eigenvalue weighted by Gasteiger charge is -2.15. The normalized spacial score (nSPS) is 10.3. The average Bonchev–Trinajstić information content (AvgIpc) is 2.77. The van der Waals surface area contributed by atoms with Crippen LogP contribution < -0.4 is 10.1 Å². The van der Waals surface area contributed by atoms with E-state index < -0.39 is 0 Å². The predicted molar refractivity (Wildman–Crippen MR) is 114 cm³/mol. The van der Waals surface area contributed by atoms with Crippen LogP contribution in [0, 0.1) is 5.41 Å². The largest absolute Gasteiger partial charge is 0.496 e. The van der Waals surface area contributed by atoms with Crippen LogP contribution in [0.25, 0.3) is 11.1 Å². The van der Waals surface area contributed by atoms with E-state index in [2.05, 4.69) is 15.3 Å². The van der Waals surface area contributed by atoms with E-state index in [1.165, 1.54) is 4.90 Å². The molecular formula is C22H23N5O2. The highest BCUT2D eigenvalue weighted by Crippen LogP contribution is 2.28. The first kappa shape index (κ1) is 20.0. The van der Waals surface area contributed by atoms with E-state index >= 15 is 0 Å². The fourth-order valence-corrected chi connectivity index (χ4v) is 2.96. The molecule has 2 aromatic heterocycles. The van der Waals surface area contributed by atoms with Crippen molar-refractivity contribution in [2.75, 3.05) is 33.6 Å². The van der Waals surface area contributed by atoms with E-state index in [1.54, 1.807) is 46.7 Å². The van der Waals surface area contributed by atoms with Crippen LogP contribution >= 0.6 is 0 Å². The van der Waals surface area contributed by atoms with E-state index in [-0.39, 0.29) is 5.91 Å². The standard InChI is InChI=1S/C22H23N5O2/c1-24-21-17(20(23)16-7-5-6-8-19(16)29-4)11-15(13-26-21)14-9-10-25-18(12-14)22(28)27(2)3/h5-13,23H,1-4H3,(H,24,26). The number of anilines is 1. The lowest BCUT2D eigenvalue weighted by Crippen LogP contribution is -2.22. The lowest BCUT2D eigenvalue weighted by molar-refractivity contribution is 0.0822. The Labute approximate surface area is 169 Å². The van der Waals surface area contributed by atoms with E-state index in [9.17, 15) is 4.79 Å². The van der Waals surface area contributed by atoms with Gasteiger partial charge in [0.2, 0.25) is 0 Å². The van der Waals surface area contributed by atoms with E-state index in [0.29, 0.717) is 34.1 Å². The minimum absolute atomic E-state index is 0.173. The third kappa shape index (κ3) is 4.08. The summed E-state index contributed by atoms with van der Waals surface area (Å²) in [7, 11) is 6.72. The van der Waals surface area contributed by atoms with Crippen LogP contribution in [-0.2, 0) is 0 Å². The average molecular weight is 389 g/mol. The third-order valence-corrected chi connectivity index (χ3v) is 4.49. The third-order valence-electron chi connectivity index (χ3n) is 4.49. The molecule has 29 heavy (non-hydrogen) atoms. The summed E-state index contributed by atoms with van der Waals surface area (Å²) in [6.07, 6.45) is 3.31. The smallest absolute Gasteiger partial charge is 0.271 e. The first-order valence-corrected chi connectivity index (χ1v) is 9.04. The maximum Gasteiger partial charge on any atom is 0.271 e. The molecule has 0 saturated heterocycles. The predicted octanol–water partition coefficient (Wildman–Crippen LogP) is 3.31. The first-order chi connectivity index (χ1) is 14.0. The first-order valence-electron chi connectivity index (χ1n) is 9.04. The number of hydrogen-bond donors (Lipinski definition) is 2. The Morgan fingerprint density at radius 3 is 2.52 bits per heavy atom. The maximum atomic E-state index is 12.2. The van der Waals surface area contributed by atoms with Crippen LogP contribution in [0.5, 0.6) is 5.75 Å². The Kier molecular flexibility index (Phi) is 5.87. The van der Waals surface area contributed by atoms with Crippen LogP contribution in [-0.4, -0.2) is 54.7 Å². The van der Waals surface area contributed by atoms with Gasteiger partial charge in [0.25, 0.3) is 5.91 Å². The molecule has 0 aliphatic heterocycles. The zero-order valence-electron chi connectivity index (χ0n) is 16.9. The number of para-hydroxylation sites is 1. The molecule has 0 spiro atoms. The zero-order valence-corrected chi connectivity index (χ0v) is 16.9. The maximum absolute atomic E-state index is 12.2. The molecule has 2 heterocycles. The Hall–Kier alpha value is -3.74. The Morgan fingerprint density at radius 1 is 1.07 bits per heavy atom. The second-order valence-electron chi connectivity index (χ2n) is 6.57.